The molecule has 0 bridgehead atoms. The van der Waals surface area contributed by atoms with Crippen LogP contribution < -0.4 is 5.32 Å². The van der Waals surface area contributed by atoms with Crippen molar-refractivity contribution in [2.24, 2.45) is 0 Å². The van der Waals surface area contributed by atoms with E-state index in [4.69, 9.17) is 26.1 Å². The second-order valence-electron chi connectivity index (χ2n) is 10.5. The van der Waals surface area contributed by atoms with E-state index in [1.54, 1.807) is 20.8 Å². The first-order valence-corrected chi connectivity index (χ1v) is 12.6. The Morgan fingerprint density at radius 2 is 2.00 bits per heavy atom. The molecule has 1 saturated heterocycles. The molecular weight excluding hydrogens is 482 g/mol. The van der Waals surface area contributed by atoms with Crippen LogP contribution in [0, 0.1) is 0 Å². The minimum absolute atomic E-state index is 0.00857. The molecule has 10 heteroatoms. The minimum Gasteiger partial charge on any atom is -0.443 e. The van der Waals surface area contributed by atoms with Crippen molar-refractivity contribution in [2.45, 2.75) is 58.1 Å². The predicted octanol–water partition coefficient (Wildman–Crippen LogP) is 4.76. The third-order valence-electron chi connectivity index (χ3n) is 6.25. The Bertz CT molecular complexity index is 1140. The van der Waals surface area contributed by atoms with E-state index in [0.29, 0.717) is 28.6 Å². The molecule has 9 nitrogen and oxygen atoms in total. The molecule has 2 aliphatic rings. The average molecular weight is 516 g/mol. The summed E-state index contributed by atoms with van der Waals surface area (Å²) in [5, 5.41) is 3.44. The maximum atomic E-state index is 13.3. The number of hydrogen-bond acceptors (Lipinski definition) is 8. The fourth-order valence-electron chi connectivity index (χ4n) is 4.47. The molecule has 1 N–H and O–H groups in total. The summed E-state index contributed by atoms with van der Waals surface area (Å²) in [4.78, 5) is 38.3. The van der Waals surface area contributed by atoms with Crippen LogP contribution in [0.4, 0.5) is 16.3 Å². The fraction of sp³-hybridized carbons (Fsp3) is 0.538. The molecule has 0 atom stereocenters. The second-order valence-corrected chi connectivity index (χ2v) is 10.8. The first-order valence-electron chi connectivity index (χ1n) is 12.2. The zero-order chi connectivity index (χ0) is 26.0. The van der Waals surface area contributed by atoms with Gasteiger partial charge in [-0.2, -0.15) is 0 Å². The highest BCUT2D eigenvalue weighted by atomic mass is 35.5. The molecule has 1 fully saturated rings. The first kappa shape index (κ1) is 26.3. The van der Waals surface area contributed by atoms with Crippen LogP contribution in [0.15, 0.2) is 18.3 Å². The Morgan fingerprint density at radius 3 is 2.67 bits per heavy atom. The number of halogens is 1. The van der Waals surface area contributed by atoms with Crippen molar-refractivity contribution in [2.75, 3.05) is 39.2 Å². The van der Waals surface area contributed by atoms with E-state index in [1.807, 2.05) is 20.2 Å². The van der Waals surface area contributed by atoms with Gasteiger partial charge >= 0.3 is 6.09 Å². The van der Waals surface area contributed by atoms with E-state index in [2.05, 4.69) is 21.3 Å². The van der Waals surface area contributed by atoms with E-state index in [9.17, 15) is 9.59 Å². The van der Waals surface area contributed by atoms with Gasteiger partial charge in [-0.15, -0.1) is 0 Å². The summed E-state index contributed by atoms with van der Waals surface area (Å²) in [5.41, 5.74) is 2.80. The number of likely N-dealkylation sites (N-methyl/N-ethyl adjacent to an activating group) is 1. The summed E-state index contributed by atoms with van der Waals surface area (Å²) >= 11 is 6.32. The fourth-order valence-corrected chi connectivity index (χ4v) is 4.67. The lowest BCUT2D eigenvalue weighted by molar-refractivity contribution is 0.0248. The number of hydrogen-bond donors (Lipinski definition) is 1. The molecule has 0 unspecified atom stereocenters. The molecule has 2 amide bonds. The molecule has 0 radical (unpaired) electrons. The van der Waals surface area contributed by atoms with Crippen LogP contribution in [0.5, 0.6) is 0 Å². The summed E-state index contributed by atoms with van der Waals surface area (Å²) in [6, 6.07) is 4.05. The number of nitrogens with zero attached hydrogens (tertiary/aromatic N) is 4. The Morgan fingerprint density at radius 1 is 1.28 bits per heavy atom. The van der Waals surface area contributed by atoms with Crippen LogP contribution in [0.2, 0.25) is 5.15 Å². The van der Waals surface area contributed by atoms with Crippen LogP contribution in [-0.4, -0.2) is 71.2 Å². The van der Waals surface area contributed by atoms with E-state index < -0.39 is 17.6 Å². The normalized spacial score (nSPS) is 16.4. The van der Waals surface area contributed by atoms with Gasteiger partial charge in [-0.1, -0.05) is 17.7 Å². The van der Waals surface area contributed by atoms with Gasteiger partial charge in [0.2, 0.25) is 0 Å². The van der Waals surface area contributed by atoms with E-state index in [0.717, 1.165) is 49.6 Å². The highest BCUT2D eigenvalue weighted by molar-refractivity contribution is 6.31. The van der Waals surface area contributed by atoms with Crippen LogP contribution in [-0.2, 0) is 22.4 Å². The van der Waals surface area contributed by atoms with Crippen molar-refractivity contribution >= 4 is 35.1 Å². The number of amides is 2. The van der Waals surface area contributed by atoms with Gasteiger partial charge in [-0.25, -0.2) is 19.7 Å². The molecule has 2 aromatic rings. The van der Waals surface area contributed by atoms with E-state index >= 15 is 0 Å². The average Bonchev–Trinajstić information content (AvgIpc) is 3.17. The SMILES string of the molecule is CN(C)CCc1nc(Nc2cnc(Cl)c3c2C(=O)N(C(=O)OC(C)(C)C)C3)ccc1C1CCOCC1. The number of rotatable bonds is 6. The molecule has 194 valence electrons. The van der Waals surface area contributed by atoms with Crippen LogP contribution in [0.1, 0.15) is 66.7 Å². The lowest BCUT2D eigenvalue weighted by Crippen LogP contribution is -2.37. The number of ether oxygens (including phenoxy) is 2. The molecule has 0 aliphatic carbocycles. The Kier molecular flexibility index (Phi) is 7.82. The van der Waals surface area contributed by atoms with Gasteiger partial charge in [0.15, 0.2) is 0 Å². The zero-order valence-corrected chi connectivity index (χ0v) is 22.3. The van der Waals surface area contributed by atoms with Crippen molar-refractivity contribution < 1.29 is 19.1 Å². The Balaban J connectivity index is 1.62. The number of nitrogens with one attached hydrogen (secondary N) is 1. The first-order chi connectivity index (χ1) is 17.0. The number of aromatic nitrogens is 2. The van der Waals surface area contributed by atoms with Crippen molar-refractivity contribution in [3.63, 3.8) is 0 Å². The summed E-state index contributed by atoms with van der Waals surface area (Å²) in [7, 11) is 4.09. The van der Waals surface area contributed by atoms with Gasteiger partial charge in [0, 0.05) is 37.4 Å². The number of anilines is 2. The van der Waals surface area contributed by atoms with Gasteiger partial charge in [-0.05, 0) is 65.3 Å². The topological polar surface area (TPSA) is 96.9 Å². The summed E-state index contributed by atoms with van der Waals surface area (Å²) in [6.45, 7) is 7.66. The third kappa shape index (κ3) is 5.96. The molecule has 0 spiro atoms. The minimum atomic E-state index is -0.728. The molecule has 2 aliphatic heterocycles. The molecule has 4 rings (SSSR count). The smallest absolute Gasteiger partial charge is 0.417 e. The monoisotopic (exact) mass is 515 g/mol. The lowest BCUT2D eigenvalue weighted by atomic mass is 9.89. The second kappa shape index (κ2) is 10.7. The quantitative estimate of drug-likeness (QED) is 0.550. The lowest BCUT2D eigenvalue weighted by Gasteiger charge is -2.25. The van der Waals surface area contributed by atoms with Crippen LogP contribution in [0.25, 0.3) is 0 Å². The number of pyridine rings is 2. The Hall–Kier alpha value is -2.75. The molecular formula is C26H34ClN5O4. The number of imide groups is 1. The van der Waals surface area contributed by atoms with Gasteiger partial charge in [0.05, 0.1) is 24.0 Å². The van der Waals surface area contributed by atoms with Crippen LogP contribution in [0.3, 0.4) is 0 Å². The third-order valence-corrected chi connectivity index (χ3v) is 6.57. The highest BCUT2D eigenvalue weighted by Crippen LogP contribution is 2.36. The molecule has 0 aromatic carbocycles. The molecule has 0 saturated carbocycles. The number of fused-ring (bicyclic) bond motifs is 1. The highest BCUT2D eigenvalue weighted by Gasteiger charge is 2.38. The summed E-state index contributed by atoms with van der Waals surface area (Å²) < 4.78 is 11.0. The van der Waals surface area contributed by atoms with Gasteiger partial charge < -0.3 is 19.7 Å². The molecule has 4 heterocycles. The molecule has 2 aromatic heterocycles. The zero-order valence-electron chi connectivity index (χ0n) is 21.6. The number of carbonyl (C=O) groups is 2. The van der Waals surface area contributed by atoms with Crippen molar-refractivity contribution in [3.8, 4) is 0 Å². The Labute approximate surface area is 217 Å². The maximum absolute atomic E-state index is 13.3. The predicted molar refractivity (Wildman–Crippen MR) is 138 cm³/mol. The van der Waals surface area contributed by atoms with Gasteiger partial charge in [0.25, 0.3) is 5.91 Å². The van der Waals surface area contributed by atoms with Crippen molar-refractivity contribution in [1.29, 1.82) is 0 Å². The van der Waals surface area contributed by atoms with Crippen molar-refractivity contribution in [1.82, 2.24) is 19.8 Å². The van der Waals surface area contributed by atoms with Gasteiger partial charge in [-0.3, -0.25) is 4.79 Å². The standard InChI is InChI=1S/C26H34ClN5O4/c1-26(2,3)36-25(34)32-15-18-22(24(32)33)20(14-28-23(18)27)30-21-7-6-17(16-9-12-35-13-10-16)19(29-21)8-11-31(4)5/h6-7,14,16H,8-13,15H2,1-5H3,(H,29,30). The molecule has 36 heavy (non-hydrogen) atoms. The van der Waals surface area contributed by atoms with E-state index in [-0.39, 0.29) is 11.7 Å². The van der Waals surface area contributed by atoms with E-state index in [1.165, 1.54) is 11.8 Å². The van der Waals surface area contributed by atoms with Gasteiger partial charge in [0.1, 0.15) is 16.6 Å². The van der Waals surface area contributed by atoms with Crippen LogP contribution >= 0.6 is 11.6 Å². The van der Waals surface area contributed by atoms with Crippen molar-refractivity contribution in [3.05, 3.63) is 45.9 Å². The maximum Gasteiger partial charge on any atom is 0.417 e. The summed E-state index contributed by atoms with van der Waals surface area (Å²) in [5.74, 6) is 0.551. The number of carbonyl (C=O) groups excluding carboxylic acids is 2. The largest absolute Gasteiger partial charge is 0.443 e. The summed E-state index contributed by atoms with van der Waals surface area (Å²) in [6.07, 6.45) is 3.55.